The molecule has 2 atom stereocenters. The summed E-state index contributed by atoms with van der Waals surface area (Å²) in [5, 5.41) is 9.20. The molecule has 0 aromatic heterocycles. The minimum Gasteiger partial charge on any atom is -0.349 e. The number of carbonyl (C=O) groups is 2. The molecule has 2 aliphatic rings. The van der Waals surface area contributed by atoms with Gasteiger partial charge in [-0.2, -0.15) is 0 Å². The third-order valence-corrected chi connectivity index (χ3v) is 4.40. The summed E-state index contributed by atoms with van der Waals surface area (Å²) in [6, 6.07) is 7.35. The van der Waals surface area contributed by atoms with E-state index >= 15 is 0 Å². The number of rotatable bonds is 3. The van der Waals surface area contributed by atoms with Crippen LogP contribution in [0.4, 0.5) is 10.5 Å². The minimum absolute atomic E-state index is 0. The van der Waals surface area contributed by atoms with E-state index in [-0.39, 0.29) is 30.4 Å². The smallest absolute Gasteiger partial charge is 0.321 e. The molecule has 2 saturated heterocycles. The number of piperidine rings is 1. The lowest BCUT2D eigenvalue weighted by molar-refractivity contribution is 0.0914. The zero-order valence-corrected chi connectivity index (χ0v) is 14.0. The molecule has 2 fully saturated rings. The highest BCUT2D eigenvalue weighted by atomic mass is 35.5. The zero-order valence-electron chi connectivity index (χ0n) is 13.2. The van der Waals surface area contributed by atoms with Crippen LogP contribution in [0.1, 0.15) is 23.7 Å². The Morgan fingerprint density at radius 3 is 2.61 bits per heavy atom. The van der Waals surface area contributed by atoms with Crippen LogP contribution in [0.5, 0.6) is 0 Å². The van der Waals surface area contributed by atoms with Crippen LogP contribution in [0.25, 0.3) is 0 Å². The van der Waals surface area contributed by atoms with Gasteiger partial charge >= 0.3 is 6.03 Å². The van der Waals surface area contributed by atoms with Crippen LogP contribution in [0.15, 0.2) is 24.3 Å². The Bertz CT molecular complexity index is 564. The monoisotopic (exact) mass is 338 g/mol. The first kappa shape index (κ1) is 17.6. The molecule has 23 heavy (non-hydrogen) atoms. The van der Waals surface area contributed by atoms with Gasteiger partial charge in [0.2, 0.25) is 0 Å². The topological polar surface area (TPSA) is 73.5 Å². The van der Waals surface area contributed by atoms with Crippen molar-refractivity contribution >= 4 is 30.0 Å². The SMILES string of the molecule is CC1CNCCC1NC(=O)c1ccc(N2CCNC2=O)cc1.Cl. The molecule has 3 amide bonds. The fraction of sp³-hybridized carbons (Fsp3) is 0.500. The second kappa shape index (κ2) is 7.66. The zero-order chi connectivity index (χ0) is 15.5. The molecule has 2 heterocycles. The lowest BCUT2D eigenvalue weighted by Crippen LogP contribution is -2.48. The number of urea groups is 1. The fourth-order valence-corrected chi connectivity index (χ4v) is 2.99. The van der Waals surface area contributed by atoms with Gasteiger partial charge in [-0.3, -0.25) is 9.69 Å². The number of hydrogen-bond acceptors (Lipinski definition) is 3. The van der Waals surface area contributed by atoms with Gasteiger partial charge in [0.25, 0.3) is 5.91 Å². The Morgan fingerprint density at radius 2 is 2.00 bits per heavy atom. The highest BCUT2D eigenvalue weighted by Crippen LogP contribution is 2.18. The predicted molar refractivity (Wildman–Crippen MR) is 92.3 cm³/mol. The lowest BCUT2D eigenvalue weighted by Gasteiger charge is -2.30. The van der Waals surface area contributed by atoms with Crippen LogP contribution in [-0.2, 0) is 0 Å². The molecular weight excluding hydrogens is 316 g/mol. The molecule has 126 valence electrons. The number of carbonyl (C=O) groups excluding carboxylic acids is 2. The number of anilines is 1. The van der Waals surface area contributed by atoms with E-state index in [2.05, 4.69) is 22.9 Å². The van der Waals surface area contributed by atoms with Gasteiger partial charge in [0.15, 0.2) is 0 Å². The molecule has 0 radical (unpaired) electrons. The molecule has 0 aliphatic carbocycles. The molecule has 2 unspecified atom stereocenters. The number of benzene rings is 1. The maximum absolute atomic E-state index is 12.3. The van der Waals surface area contributed by atoms with E-state index in [0.717, 1.165) is 25.2 Å². The third kappa shape index (κ3) is 3.95. The van der Waals surface area contributed by atoms with E-state index in [0.29, 0.717) is 24.6 Å². The number of amides is 3. The first-order valence-electron chi connectivity index (χ1n) is 7.82. The second-order valence-electron chi connectivity index (χ2n) is 5.98. The van der Waals surface area contributed by atoms with Crippen molar-refractivity contribution in [3.05, 3.63) is 29.8 Å². The second-order valence-corrected chi connectivity index (χ2v) is 5.98. The summed E-state index contributed by atoms with van der Waals surface area (Å²) in [5.41, 5.74) is 1.45. The van der Waals surface area contributed by atoms with Gasteiger partial charge in [-0.15, -0.1) is 12.4 Å². The van der Waals surface area contributed by atoms with Crippen molar-refractivity contribution in [1.82, 2.24) is 16.0 Å². The molecule has 0 spiro atoms. The fourth-order valence-electron chi connectivity index (χ4n) is 2.99. The molecule has 6 nitrogen and oxygen atoms in total. The molecular formula is C16H23ClN4O2. The van der Waals surface area contributed by atoms with Gasteiger partial charge < -0.3 is 16.0 Å². The summed E-state index contributed by atoms with van der Waals surface area (Å²) >= 11 is 0. The van der Waals surface area contributed by atoms with Crippen LogP contribution in [0.2, 0.25) is 0 Å². The number of halogens is 1. The number of nitrogens with one attached hydrogen (secondary N) is 3. The molecule has 1 aromatic rings. The Hall–Kier alpha value is -1.79. The Kier molecular flexibility index (Phi) is 5.85. The van der Waals surface area contributed by atoms with E-state index in [9.17, 15) is 9.59 Å². The normalized spacial score (nSPS) is 23.9. The molecule has 7 heteroatoms. The van der Waals surface area contributed by atoms with Crippen molar-refractivity contribution < 1.29 is 9.59 Å². The van der Waals surface area contributed by atoms with E-state index in [1.165, 1.54) is 0 Å². The number of nitrogens with zero attached hydrogens (tertiary/aromatic N) is 1. The van der Waals surface area contributed by atoms with E-state index in [1.54, 1.807) is 17.0 Å². The van der Waals surface area contributed by atoms with E-state index < -0.39 is 0 Å². The van der Waals surface area contributed by atoms with E-state index in [4.69, 9.17) is 0 Å². The average Bonchev–Trinajstić information content (AvgIpc) is 2.96. The summed E-state index contributed by atoms with van der Waals surface area (Å²) in [6.07, 6.45) is 0.957. The molecule has 1 aromatic carbocycles. The van der Waals surface area contributed by atoms with Crippen molar-refractivity contribution in [3.8, 4) is 0 Å². The van der Waals surface area contributed by atoms with Gasteiger partial charge in [0.1, 0.15) is 0 Å². The summed E-state index contributed by atoms with van der Waals surface area (Å²) in [6.45, 7) is 5.35. The third-order valence-electron chi connectivity index (χ3n) is 4.40. The molecule has 0 bridgehead atoms. The number of hydrogen-bond donors (Lipinski definition) is 3. The molecule has 3 N–H and O–H groups in total. The quantitative estimate of drug-likeness (QED) is 0.779. The van der Waals surface area contributed by atoms with E-state index in [1.807, 2.05) is 12.1 Å². The Labute approximate surface area is 142 Å². The van der Waals surface area contributed by atoms with Gasteiger partial charge in [-0.05, 0) is 49.7 Å². The summed E-state index contributed by atoms with van der Waals surface area (Å²) in [5.74, 6) is 0.390. The first-order chi connectivity index (χ1) is 10.6. The molecule has 0 saturated carbocycles. The molecule has 3 rings (SSSR count). The highest BCUT2D eigenvalue weighted by molar-refractivity contribution is 5.97. The van der Waals surface area contributed by atoms with Crippen molar-refractivity contribution in [2.45, 2.75) is 19.4 Å². The van der Waals surface area contributed by atoms with Gasteiger partial charge in [-0.1, -0.05) is 6.92 Å². The summed E-state index contributed by atoms with van der Waals surface area (Å²) in [4.78, 5) is 25.6. The van der Waals surface area contributed by atoms with Crippen molar-refractivity contribution in [2.75, 3.05) is 31.1 Å². The minimum atomic E-state index is -0.0827. The standard InChI is InChI=1S/C16H22N4O2.ClH/c1-11-10-17-7-6-14(11)19-15(21)12-2-4-13(5-3-12)20-9-8-18-16(20)22;/h2-5,11,14,17H,6-10H2,1H3,(H,18,22)(H,19,21);1H. The maximum Gasteiger partial charge on any atom is 0.321 e. The van der Waals surface area contributed by atoms with Crippen LogP contribution >= 0.6 is 12.4 Å². The van der Waals surface area contributed by atoms with Crippen molar-refractivity contribution in [2.24, 2.45) is 5.92 Å². The van der Waals surface area contributed by atoms with Crippen molar-refractivity contribution in [1.29, 1.82) is 0 Å². The highest BCUT2D eigenvalue weighted by Gasteiger charge is 2.24. The van der Waals surface area contributed by atoms with Crippen LogP contribution < -0.4 is 20.9 Å². The van der Waals surface area contributed by atoms with Gasteiger partial charge in [0.05, 0.1) is 0 Å². The van der Waals surface area contributed by atoms with Crippen LogP contribution in [0, 0.1) is 5.92 Å². The maximum atomic E-state index is 12.3. The lowest BCUT2D eigenvalue weighted by atomic mass is 9.95. The van der Waals surface area contributed by atoms with Crippen LogP contribution in [0.3, 0.4) is 0 Å². The molecule has 2 aliphatic heterocycles. The van der Waals surface area contributed by atoms with Gasteiger partial charge in [0, 0.05) is 30.4 Å². The van der Waals surface area contributed by atoms with Crippen LogP contribution in [-0.4, -0.2) is 44.2 Å². The summed E-state index contributed by atoms with van der Waals surface area (Å²) in [7, 11) is 0. The Balaban J connectivity index is 0.00000192. The van der Waals surface area contributed by atoms with Crippen molar-refractivity contribution in [3.63, 3.8) is 0 Å². The predicted octanol–water partition coefficient (Wildman–Crippen LogP) is 1.37. The summed E-state index contributed by atoms with van der Waals surface area (Å²) < 4.78 is 0. The van der Waals surface area contributed by atoms with Gasteiger partial charge in [-0.25, -0.2) is 4.79 Å². The first-order valence-corrected chi connectivity index (χ1v) is 7.82. The Morgan fingerprint density at radius 1 is 1.26 bits per heavy atom. The average molecular weight is 339 g/mol. The largest absolute Gasteiger partial charge is 0.349 e.